The Morgan fingerprint density at radius 1 is 1.18 bits per heavy atom. The maximum atomic E-state index is 11.4. The molecule has 1 aromatic carbocycles. The van der Waals surface area contributed by atoms with Gasteiger partial charge in [-0.05, 0) is 24.4 Å². The van der Waals surface area contributed by atoms with Crippen molar-refractivity contribution in [2.75, 3.05) is 21.3 Å². The lowest BCUT2D eigenvalue weighted by Gasteiger charge is -2.12. The van der Waals surface area contributed by atoms with E-state index < -0.39 is 5.97 Å². The van der Waals surface area contributed by atoms with Gasteiger partial charge in [-0.25, -0.2) is 4.79 Å². The molecule has 6 heteroatoms. The molecule has 0 saturated heterocycles. The molecule has 17 heavy (non-hydrogen) atoms. The van der Waals surface area contributed by atoms with Gasteiger partial charge in [-0.2, -0.15) is 0 Å². The molecule has 0 aliphatic heterocycles. The number of thiocarbonyl (C=S) groups is 1. The molecule has 0 unspecified atom stereocenters. The molecule has 0 atom stereocenters. The van der Waals surface area contributed by atoms with E-state index in [9.17, 15) is 4.79 Å². The van der Waals surface area contributed by atoms with Crippen molar-refractivity contribution in [2.24, 2.45) is 0 Å². The Morgan fingerprint density at radius 3 is 2.29 bits per heavy atom. The van der Waals surface area contributed by atoms with Crippen LogP contribution in [-0.4, -0.2) is 32.9 Å². The van der Waals surface area contributed by atoms with E-state index in [4.69, 9.17) is 14.2 Å². The van der Waals surface area contributed by atoms with Gasteiger partial charge in [-0.3, -0.25) is 0 Å². The van der Waals surface area contributed by atoms with Crippen LogP contribution in [0.5, 0.6) is 17.2 Å². The normalized spacial score (nSPS) is 9.35. The number of ether oxygens (including phenoxy) is 4. The molecular formula is C11H12O5S. The quantitative estimate of drug-likeness (QED) is 0.591. The minimum Gasteiger partial charge on any atom is -0.493 e. The summed E-state index contributed by atoms with van der Waals surface area (Å²) in [4.78, 5) is 11.4. The third-order valence-electron chi connectivity index (χ3n) is 2.04. The zero-order chi connectivity index (χ0) is 12.8. The molecule has 0 fully saturated rings. The highest BCUT2D eigenvalue weighted by atomic mass is 32.1. The fraction of sp³-hybridized carbons (Fsp3) is 0.273. The summed E-state index contributed by atoms with van der Waals surface area (Å²) in [5.41, 5.74) is 1.36. The van der Waals surface area contributed by atoms with Crippen molar-refractivity contribution in [3.8, 4) is 17.2 Å². The third kappa shape index (κ3) is 2.85. The van der Waals surface area contributed by atoms with Gasteiger partial charge in [0.25, 0.3) is 0 Å². The van der Waals surface area contributed by atoms with Crippen LogP contribution in [0.3, 0.4) is 0 Å². The average Bonchev–Trinajstić information content (AvgIpc) is 2.37. The van der Waals surface area contributed by atoms with Crippen LogP contribution in [-0.2, 0) is 4.74 Å². The van der Waals surface area contributed by atoms with Gasteiger partial charge in [0, 0.05) is 0 Å². The molecule has 0 N–H and O–H groups in total. The number of rotatable bonds is 5. The predicted octanol–water partition coefficient (Wildman–Crippen LogP) is 1.83. The number of methoxy groups -OCH3 is 3. The molecule has 0 spiro atoms. The number of hydrogen-bond donors (Lipinski definition) is 0. The third-order valence-corrected chi connectivity index (χ3v) is 2.14. The van der Waals surface area contributed by atoms with Crippen molar-refractivity contribution in [3.05, 3.63) is 17.7 Å². The topological polar surface area (TPSA) is 54.0 Å². The van der Waals surface area contributed by atoms with Crippen LogP contribution in [0.4, 0.5) is 0 Å². The molecule has 0 aromatic heterocycles. The van der Waals surface area contributed by atoms with Gasteiger partial charge in [-0.1, -0.05) is 0 Å². The van der Waals surface area contributed by atoms with Crippen molar-refractivity contribution in [3.63, 3.8) is 0 Å². The molecule has 92 valence electrons. The second-order valence-corrected chi connectivity index (χ2v) is 3.11. The summed E-state index contributed by atoms with van der Waals surface area (Å²) in [7, 11) is 4.21. The number of carbonyl (C=O) groups is 1. The lowest BCUT2D eigenvalue weighted by molar-refractivity contribution is 0.0600. The van der Waals surface area contributed by atoms with Crippen LogP contribution in [0, 0.1) is 0 Å². The largest absolute Gasteiger partial charge is 0.493 e. The van der Waals surface area contributed by atoms with Crippen molar-refractivity contribution in [1.82, 2.24) is 0 Å². The van der Waals surface area contributed by atoms with E-state index in [1.165, 1.54) is 33.5 Å². The monoisotopic (exact) mass is 256 g/mol. The molecule has 0 aliphatic rings. The number of esters is 1. The Bertz CT molecular complexity index is 430. The summed E-state index contributed by atoms with van der Waals surface area (Å²) >= 11 is 4.60. The maximum absolute atomic E-state index is 11.4. The summed E-state index contributed by atoms with van der Waals surface area (Å²) in [6.45, 7) is 0. The van der Waals surface area contributed by atoms with E-state index in [0.29, 0.717) is 17.2 Å². The Balaban J connectivity index is 3.33. The SMILES string of the molecule is COC(=O)c1cc(OC)c(OC)c(OC=S)c1. The van der Waals surface area contributed by atoms with Crippen LogP contribution in [0.25, 0.3) is 0 Å². The minimum atomic E-state index is -0.500. The Hall–Kier alpha value is -1.82. The molecule has 0 saturated carbocycles. The zero-order valence-electron chi connectivity index (χ0n) is 9.68. The van der Waals surface area contributed by atoms with Crippen molar-refractivity contribution in [1.29, 1.82) is 0 Å². The summed E-state index contributed by atoms with van der Waals surface area (Å²) in [5.74, 6) is 0.519. The van der Waals surface area contributed by atoms with Gasteiger partial charge in [0.1, 0.15) is 0 Å². The molecule has 5 nitrogen and oxygen atoms in total. The predicted molar refractivity (Wildman–Crippen MR) is 65.2 cm³/mol. The molecule has 0 heterocycles. The van der Waals surface area contributed by atoms with E-state index in [2.05, 4.69) is 17.0 Å². The first-order valence-electron chi connectivity index (χ1n) is 4.62. The summed E-state index contributed by atoms with van der Waals surface area (Å²) in [5, 5.41) is 0. The fourth-order valence-corrected chi connectivity index (χ4v) is 1.41. The Morgan fingerprint density at radius 2 is 1.82 bits per heavy atom. The highest BCUT2D eigenvalue weighted by molar-refractivity contribution is 7.78. The Labute approximate surface area is 104 Å². The first-order chi connectivity index (χ1) is 8.17. The molecule has 1 aromatic rings. The summed E-state index contributed by atoms with van der Waals surface area (Å²) in [6.07, 6.45) is 0. The standard InChI is InChI=1S/C11H12O5S/c1-13-8-4-7(11(12)15-3)5-9(16-6-17)10(8)14-2/h4-6H,1-3H3. The van der Waals surface area contributed by atoms with Crippen LogP contribution in [0.1, 0.15) is 10.4 Å². The molecule has 0 aliphatic carbocycles. The number of carbonyl (C=O) groups excluding carboxylic acids is 1. The van der Waals surface area contributed by atoms with Gasteiger partial charge >= 0.3 is 5.97 Å². The second-order valence-electron chi connectivity index (χ2n) is 2.92. The van der Waals surface area contributed by atoms with Gasteiger partial charge in [0.05, 0.1) is 26.9 Å². The van der Waals surface area contributed by atoms with Crippen LogP contribution in [0.15, 0.2) is 12.1 Å². The highest BCUT2D eigenvalue weighted by Gasteiger charge is 2.17. The Kier molecular flexibility index (Phi) is 4.71. The highest BCUT2D eigenvalue weighted by Crippen LogP contribution is 2.38. The van der Waals surface area contributed by atoms with E-state index in [1.807, 2.05) is 0 Å². The molecule has 0 radical (unpaired) electrons. The summed E-state index contributed by atoms with van der Waals surface area (Å²) in [6, 6.07) is 2.97. The van der Waals surface area contributed by atoms with Gasteiger partial charge in [-0.15, -0.1) is 0 Å². The van der Waals surface area contributed by atoms with E-state index in [1.54, 1.807) is 0 Å². The molecule has 1 rings (SSSR count). The van der Waals surface area contributed by atoms with Crippen molar-refractivity contribution >= 4 is 23.7 Å². The lowest BCUT2D eigenvalue weighted by atomic mass is 10.2. The van der Waals surface area contributed by atoms with Crippen LogP contribution >= 0.6 is 12.2 Å². The lowest BCUT2D eigenvalue weighted by Crippen LogP contribution is -2.04. The first-order valence-corrected chi connectivity index (χ1v) is 5.09. The van der Waals surface area contributed by atoms with E-state index >= 15 is 0 Å². The minimum absolute atomic E-state index is 0.289. The zero-order valence-corrected chi connectivity index (χ0v) is 10.5. The van der Waals surface area contributed by atoms with E-state index in [0.717, 1.165) is 5.55 Å². The number of hydrogen-bond acceptors (Lipinski definition) is 6. The molecule has 0 amide bonds. The molecular weight excluding hydrogens is 244 g/mol. The van der Waals surface area contributed by atoms with Gasteiger partial charge < -0.3 is 18.9 Å². The van der Waals surface area contributed by atoms with Crippen LogP contribution < -0.4 is 14.2 Å². The number of benzene rings is 1. The maximum Gasteiger partial charge on any atom is 0.338 e. The van der Waals surface area contributed by atoms with Gasteiger partial charge in [0.15, 0.2) is 17.1 Å². The smallest absolute Gasteiger partial charge is 0.338 e. The van der Waals surface area contributed by atoms with Crippen molar-refractivity contribution in [2.45, 2.75) is 0 Å². The van der Waals surface area contributed by atoms with Crippen molar-refractivity contribution < 1.29 is 23.7 Å². The average molecular weight is 256 g/mol. The van der Waals surface area contributed by atoms with E-state index in [-0.39, 0.29) is 5.56 Å². The summed E-state index contributed by atoms with van der Waals surface area (Å²) < 4.78 is 19.9. The first kappa shape index (κ1) is 13.2. The van der Waals surface area contributed by atoms with Gasteiger partial charge in [0.2, 0.25) is 5.75 Å². The second kappa shape index (κ2) is 6.05. The molecule has 0 bridgehead atoms. The van der Waals surface area contributed by atoms with Crippen LogP contribution in [0.2, 0.25) is 0 Å². The fourth-order valence-electron chi connectivity index (χ4n) is 1.30.